The average Bonchev–Trinajstić information content (AvgIpc) is 1.98. The third kappa shape index (κ3) is 1.99. The molecule has 5 heteroatoms. The van der Waals surface area contributed by atoms with E-state index >= 15 is 0 Å². The number of rotatable bonds is 1. The maximum atomic E-state index is 11.3. The molecule has 14 heavy (non-hydrogen) atoms. The Labute approximate surface area is 92.5 Å². The number of nitrogens with two attached hydrogens (primary N) is 1. The van der Waals surface area contributed by atoms with E-state index in [1.807, 2.05) is 13.0 Å². The van der Waals surface area contributed by atoms with E-state index in [0.717, 1.165) is 10.0 Å². The molecule has 0 unspecified atom stereocenters. The van der Waals surface area contributed by atoms with Crippen molar-refractivity contribution < 1.29 is 8.42 Å². The second kappa shape index (κ2) is 3.64. The van der Waals surface area contributed by atoms with Gasteiger partial charge >= 0.3 is 0 Å². The van der Waals surface area contributed by atoms with Crippen molar-refractivity contribution in [1.29, 1.82) is 0 Å². The summed E-state index contributed by atoms with van der Waals surface area (Å²) < 4.78 is 23.4. The Morgan fingerprint density at radius 2 is 1.71 bits per heavy atom. The van der Waals surface area contributed by atoms with Gasteiger partial charge in [-0.2, -0.15) is 0 Å². The predicted molar refractivity (Wildman–Crippen MR) is 59.7 cm³/mol. The van der Waals surface area contributed by atoms with Crippen LogP contribution in [0.25, 0.3) is 0 Å². The highest BCUT2D eigenvalue weighted by molar-refractivity contribution is 9.10. The molecule has 0 saturated heterocycles. The molecule has 3 nitrogen and oxygen atoms in total. The molecule has 0 spiro atoms. The van der Waals surface area contributed by atoms with Gasteiger partial charge in [-0.05, 0) is 43.5 Å². The van der Waals surface area contributed by atoms with Gasteiger partial charge in [0.25, 0.3) is 0 Å². The molecule has 0 heterocycles. The third-order valence-electron chi connectivity index (χ3n) is 2.26. The largest absolute Gasteiger partial charge is 0.238 e. The molecule has 1 rings (SSSR count). The highest BCUT2D eigenvalue weighted by Gasteiger charge is 2.18. The maximum Gasteiger partial charge on any atom is 0.238 e. The van der Waals surface area contributed by atoms with Crippen molar-refractivity contribution >= 4 is 26.0 Å². The second-order valence-electron chi connectivity index (χ2n) is 3.30. The second-order valence-corrected chi connectivity index (χ2v) is 5.65. The first-order valence-corrected chi connectivity index (χ1v) is 6.38. The van der Waals surface area contributed by atoms with Crippen LogP contribution in [0.5, 0.6) is 0 Å². The minimum absolute atomic E-state index is 0.226. The van der Waals surface area contributed by atoms with Gasteiger partial charge in [-0.3, -0.25) is 0 Å². The Morgan fingerprint density at radius 1 is 1.21 bits per heavy atom. The van der Waals surface area contributed by atoms with Crippen LogP contribution in [-0.2, 0) is 10.0 Å². The van der Waals surface area contributed by atoms with E-state index in [9.17, 15) is 8.42 Å². The van der Waals surface area contributed by atoms with E-state index in [2.05, 4.69) is 15.9 Å². The zero-order valence-corrected chi connectivity index (χ0v) is 10.7. The summed E-state index contributed by atoms with van der Waals surface area (Å²) in [6.45, 7) is 5.35. The first kappa shape index (κ1) is 11.7. The molecule has 0 amide bonds. The molecule has 2 N–H and O–H groups in total. The van der Waals surface area contributed by atoms with Crippen molar-refractivity contribution in [2.75, 3.05) is 0 Å². The summed E-state index contributed by atoms with van der Waals surface area (Å²) in [5.41, 5.74) is 2.29. The summed E-state index contributed by atoms with van der Waals surface area (Å²) in [5, 5.41) is 5.15. The molecule has 0 fully saturated rings. The number of halogens is 1. The number of benzene rings is 1. The summed E-state index contributed by atoms with van der Waals surface area (Å²) in [6, 6.07) is 1.89. The van der Waals surface area contributed by atoms with E-state index in [1.54, 1.807) is 13.8 Å². The van der Waals surface area contributed by atoms with Gasteiger partial charge in [0, 0.05) is 4.47 Å². The number of aryl methyl sites for hydroxylation is 1. The van der Waals surface area contributed by atoms with Crippen molar-refractivity contribution in [2.45, 2.75) is 25.7 Å². The lowest BCUT2D eigenvalue weighted by Crippen LogP contribution is -2.16. The maximum absolute atomic E-state index is 11.3. The number of primary sulfonamides is 1. The van der Waals surface area contributed by atoms with Gasteiger partial charge in [-0.1, -0.05) is 15.9 Å². The zero-order chi connectivity index (χ0) is 11.1. The molecule has 0 aromatic heterocycles. The standard InChI is InChI=1S/C9H12BrNO2S/c1-5-4-8(10)7(3)9(6(5)2)14(11,12)13/h4H,1-3H3,(H2,11,12,13). The van der Waals surface area contributed by atoms with Gasteiger partial charge in [-0.25, -0.2) is 13.6 Å². The smallest absolute Gasteiger partial charge is 0.225 e. The van der Waals surface area contributed by atoms with E-state index in [-0.39, 0.29) is 4.90 Å². The molecule has 0 radical (unpaired) electrons. The van der Waals surface area contributed by atoms with E-state index < -0.39 is 10.0 Å². The number of hydrogen-bond donors (Lipinski definition) is 1. The van der Waals surface area contributed by atoms with Gasteiger partial charge in [0.1, 0.15) is 0 Å². The Hall–Kier alpha value is -0.390. The first-order chi connectivity index (χ1) is 6.25. The van der Waals surface area contributed by atoms with Crippen molar-refractivity contribution in [2.24, 2.45) is 5.14 Å². The molecule has 78 valence electrons. The zero-order valence-electron chi connectivity index (χ0n) is 8.26. The van der Waals surface area contributed by atoms with Crippen molar-refractivity contribution in [3.63, 3.8) is 0 Å². The summed E-state index contributed by atoms with van der Waals surface area (Å²) in [4.78, 5) is 0.226. The highest BCUT2D eigenvalue weighted by Crippen LogP contribution is 2.28. The van der Waals surface area contributed by atoms with Crippen LogP contribution in [0.1, 0.15) is 16.7 Å². The topological polar surface area (TPSA) is 60.2 Å². The monoisotopic (exact) mass is 277 g/mol. The molecule has 0 aliphatic heterocycles. The summed E-state index contributed by atoms with van der Waals surface area (Å²) in [7, 11) is -3.64. The lowest BCUT2D eigenvalue weighted by Gasteiger charge is -2.11. The molecule has 0 saturated carbocycles. The Kier molecular flexibility index (Phi) is 3.04. The summed E-state index contributed by atoms with van der Waals surface area (Å²) in [6.07, 6.45) is 0. The van der Waals surface area contributed by atoms with Crippen LogP contribution < -0.4 is 5.14 Å². The molecule has 0 aliphatic carbocycles. The van der Waals surface area contributed by atoms with Gasteiger partial charge < -0.3 is 0 Å². The minimum atomic E-state index is -3.64. The number of sulfonamides is 1. The van der Waals surface area contributed by atoms with Gasteiger partial charge in [0.05, 0.1) is 4.90 Å². The first-order valence-electron chi connectivity index (χ1n) is 4.04. The highest BCUT2D eigenvalue weighted by atomic mass is 79.9. The lowest BCUT2D eigenvalue weighted by atomic mass is 10.1. The van der Waals surface area contributed by atoms with Crippen molar-refractivity contribution in [3.05, 3.63) is 27.2 Å². The molecule has 1 aromatic carbocycles. The van der Waals surface area contributed by atoms with Gasteiger partial charge in [0.2, 0.25) is 10.0 Å². The predicted octanol–water partition coefficient (Wildman–Crippen LogP) is 2.02. The van der Waals surface area contributed by atoms with Crippen molar-refractivity contribution in [3.8, 4) is 0 Å². The third-order valence-corrected chi connectivity index (χ3v) is 4.26. The van der Waals surface area contributed by atoms with Gasteiger partial charge in [0.15, 0.2) is 0 Å². The van der Waals surface area contributed by atoms with E-state index in [0.29, 0.717) is 11.1 Å². The summed E-state index contributed by atoms with van der Waals surface area (Å²) >= 11 is 3.30. The van der Waals surface area contributed by atoms with Crippen molar-refractivity contribution in [1.82, 2.24) is 0 Å². The minimum Gasteiger partial charge on any atom is -0.225 e. The molecule has 0 atom stereocenters. The molecular formula is C9H12BrNO2S. The Bertz CT molecular complexity index is 454. The van der Waals surface area contributed by atoms with Crippen LogP contribution in [0.3, 0.4) is 0 Å². The summed E-state index contributed by atoms with van der Waals surface area (Å²) in [5.74, 6) is 0. The van der Waals surface area contributed by atoms with Crippen LogP contribution in [0.2, 0.25) is 0 Å². The number of hydrogen-bond acceptors (Lipinski definition) is 2. The molecular weight excluding hydrogens is 266 g/mol. The van der Waals surface area contributed by atoms with Crippen LogP contribution in [0.15, 0.2) is 15.4 Å². The molecule has 0 bridgehead atoms. The molecule has 1 aromatic rings. The fraction of sp³-hybridized carbons (Fsp3) is 0.333. The molecule has 0 aliphatic rings. The van der Waals surface area contributed by atoms with Crippen LogP contribution in [-0.4, -0.2) is 8.42 Å². The normalized spacial score (nSPS) is 11.8. The SMILES string of the molecule is Cc1cc(Br)c(C)c(S(N)(=O)=O)c1C. The fourth-order valence-electron chi connectivity index (χ4n) is 1.40. The Morgan fingerprint density at radius 3 is 2.14 bits per heavy atom. The van der Waals surface area contributed by atoms with Crippen LogP contribution >= 0.6 is 15.9 Å². The Balaban J connectivity index is 3.74. The van der Waals surface area contributed by atoms with E-state index in [1.165, 1.54) is 0 Å². The van der Waals surface area contributed by atoms with Crippen LogP contribution in [0.4, 0.5) is 0 Å². The fourth-order valence-corrected chi connectivity index (χ4v) is 3.20. The van der Waals surface area contributed by atoms with Gasteiger partial charge in [-0.15, -0.1) is 0 Å². The van der Waals surface area contributed by atoms with E-state index in [4.69, 9.17) is 5.14 Å². The van der Waals surface area contributed by atoms with Crippen LogP contribution in [0, 0.1) is 20.8 Å². The lowest BCUT2D eigenvalue weighted by molar-refractivity contribution is 0.596. The average molecular weight is 278 g/mol. The quantitative estimate of drug-likeness (QED) is 0.854.